The molecule has 0 aliphatic carbocycles. The van der Waals surface area contributed by atoms with E-state index in [0.717, 1.165) is 38.7 Å². The molecule has 1 fully saturated rings. The van der Waals surface area contributed by atoms with Gasteiger partial charge < -0.3 is 24.5 Å². The first kappa shape index (κ1) is 20.5. The molecule has 30 heavy (non-hydrogen) atoms. The number of rotatable bonds is 8. The first-order valence-electron chi connectivity index (χ1n) is 10.1. The number of nitrogen functional groups attached to an aromatic ring is 1. The molecule has 1 aliphatic rings. The van der Waals surface area contributed by atoms with Crippen molar-refractivity contribution in [3.8, 4) is 6.01 Å². The third kappa shape index (κ3) is 4.69. The topological polar surface area (TPSA) is 101 Å². The molecule has 9 nitrogen and oxygen atoms in total. The Labute approximate surface area is 175 Å². The fourth-order valence-electron chi connectivity index (χ4n) is 3.61. The molecule has 0 amide bonds. The number of methoxy groups -OCH3 is 1. The standard InChI is InChI=1S/C21H28N6O3/c1-15-23-18-19(22)24-21(30-11-10-28-2)25-20(18)27(15)14-17-5-3-4-16(12-17)13-26-6-8-29-9-7-26/h3-5,12H,6-11,13-14H2,1-2H3,(H2,22,24,25). The third-order valence-electron chi connectivity index (χ3n) is 5.15. The molecule has 0 radical (unpaired) electrons. The van der Waals surface area contributed by atoms with Crippen LogP contribution in [0, 0.1) is 6.92 Å². The second-order valence-corrected chi connectivity index (χ2v) is 7.36. The normalized spacial score (nSPS) is 15.0. The second kappa shape index (κ2) is 9.38. The number of ether oxygens (including phenoxy) is 3. The van der Waals surface area contributed by atoms with Gasteiger partial charge in [-0.15, -0.1) is 0 Å². The predicted molar refractivity (Wildman–Crippen MR) is 113 cm³/mol. The van der Waals surface area contributed by atoms with Crippen LogP contribution in [0.5, 0.6) is 6.01 Å². The molecule has 1 aromatic carbocycles. The number of imidazole rings is 1. The van der Waals surface area contributed by atoms with Gasteiger partial charge in [0.25, 0.3) is 0 Å². The summed E-state index contributed by atoms with van der Waals surface area (Å²) in [7, 11) is 1.62. The van der Waals surface area contributed by atoms with Crippen LogP contribution in [0.1, 0.15) is 17.0 Å². The van der Waals surface area contributed by atoms with Crippen LogP contribution in [-0.4, -0.2) is 71.0 Å². The van der Waals surface area contributed by atoms with E-state index in [2.05, 4.69) is 44.1 Å². The summed E-state index contributed by atoms with van der Waals surface area (Å²) in [5.74, 6) is 1.15. The van der Waals surface area contributed by atoms with Gasteiger partial charge in [0.2, 0.25) is 0 Å². The summed E-state index contributed by atoms with van der Waals surface area (Å²) in [6.07, 6.45) is 0. The molecule has 3 heterocycles. The largest absolute Gasteiger partial charge is 0.461 e. The van der Waals surface area contributed by atoms with Gasteiger partial charge in [-0.05, 0) is 18.1 Å². The summed E-state index contributed by atoms with van der Waals surface area (Å²) in [5, 5.41) is 0. The molecule has 3 aromatic rings. The summed E-state index contributed by atoms with van der Waals surface area (Å²) in [5.41, 5.74) is 9.85. The quantitative estimate of drug-likeness (QED) is 0.557. The molecule has 0 atom stereocenters. The van der Waals surface area contributed by atoms with E-state index >= 15 is 0 Å². The van der Waals surface area contributed by atoms with Crippen molar-refractivity contribution >= 4 is 17.0 Å². The van der Waals surface area contributed by atoms with Gasteiger partial charge in [-0.1, -0.05) is 24.3 Å². The average Bonchev–Trinajstić information content (AvgIpc) is 3.05. The Balaban J connectivity index is 1.57. The van der Waals surface area contributed by atoms with E-state index in [0.29, 0.717) is 36.7 Å². The number of nitrogens with zero attached hydrogens (tertiary/aromatic N) is 5. The zero-order valence-corrected chi connectivity index (χ0v) is 17.5. The number of nitrogens with two attached hydrogens (primary N) is 1. The first-order chi connectivity index (χ1) is 14.6. The molecule has 2 N–H and O–H groups in total. The Kier molecular flexibility index (Phi) is 6.41. The Morgan fingerprint density at radius 3 is 2.60 bits per heavy atom. The molecule has 0 bridgehead atoms. The van der Waals surface area contributed by atoms with E-state index < -0.39 is 0 Å². The number of aryl methyl sites for hydroxylation is 1. The average molecular weight is 412 g/mol. The summed E-state index contributed by atoms with van der Waals surface area (Å²) >= 11 is 0. The van der Waals surface area contributed by atoms with Crippen molar-refractivity contribution in [2.24, 2.45) is 0 Å². The Bertz CT molecular complexity index is 1000. The second-order valence-electron chi connectivity index (χ2n) is 7.36. The van der Waals surface area contributed by atoms with Gasteiger partial charge in [0, 0.05) is 26.7 Å². The van der Waals surface area contributed by atoms with E-state index in [-0.39, 0.29) is 6.01 Å². The van der Waals surface area contributed by atoms with E-state index in [9.17, 15) is 0 Å². The van der Waals surface area contributed by atoms with Crippen LogP contribution in [0.25, 0.3) is 11.2 Å². The van der Waals surface area contributed by atoms with Crippen LogP contribution in [-0.2, 0) is 22.6 Å². The van der Waals surface area contributed by atoms with Crippen molar-refractivity contribution in [1.82, 2.24) is 24.4 Å². The fraction of sp³-hybridized carbons (Fsp3) is 0.476. The minimum atomic E-state index is 0.235. The molecule has 4 rings (SSSR count). The van der Waals surface area contributed by atoms with Crippen LogP contribution in [0.2, 0.25) is 0 Å². The molecule has 0 saturated carbocycles. The van der Waals surface area contributed by atoms with E-state index in [1.54, 1.807) is 7.11 Å². The molecule has 2 aromatic heterocycles. The highest BCUT2D eigenvalue weighted by Gasteiger charge is 2.16. The maximum atomic E-state index is 6.11. The van der Waals surface area contributed by atoms with Gasteiger partial charge in [-0.25, -0.2) is 4.98 Å². The monoisotopic (exact) mass is 412 g/mol. The lowest BCUT2D eigenvalue weighted by Gasteiger charge is -2.26. The van der Waals surface area contributed by atoms with Crippen molar-refractivity contribution < 1.29 is 14.2 Å². The Hall–Kier alpha value is -2.75. The van der Waals surface area contributed by atoms with Crippen LogP contribution >= 0.6 is 0 Å². The number of anilines is 1. The lowest BCUT2D eigenvalue weighted by molar-refractivity contribution is 0.0342. The molecule has 160 valence electrons. The summed E-state index contributed by atoms with van der Waals surface area (Å²) in [4.78, 5) is 15.7. The summed E-state index contributed by atoms with van der Waals surface area (Å²) in [6, 6.07) is 8.86. The van der Waals surface area contributed by atoms with Gasteiger partial charge in [-0.2, -0.15) is 9.97 Å². The minimum Gasteiger partial charge on any atom is -0.461 e. The minimum absolute atomic E-state index is 0.235. The highest BCUT2D eigenvalue weighted by Crippen LogP contribution is 2.23. The number of hydrogen-bond acceptors (Lipinski definition) is 8. The number of aromatic nitrogens is 4. The van der Waals surface area contributed by atoms with Crippen molar-refractivity contribution in [2.45, 2.75) is 20.0 Å². The number of fused-ring (bicyclic) bond motifs is 1. The van der Waals surface area contributed by atoms with Crippen molar-refractivity contribution in [2.75, 3.05) is 52.4 Å². The molecule has 0 unspecified atom stereocenters. The smallest absolute Gasteiger partial charge is 0.320 e. The summed E-state index contributed by atoms with van der Waals surface area (Å²) < 4.78 is 18.1. The summed E-state index contributed by atoms with van der Waals surface area (Å²) in [6.45, 7) is 7.87. The van der Waals surface area contributed by atoms with Crippen molar-refractivity contribution in [3.05, 3.63) is 41.2 Å². The Morgan fingerprint density at radius 1 is 1.07 bits per heavy atom. The van der Waals surface area contributed by atoms with Gasteiger partial charge in [0.05, 0.1) is 26.4 Å². The highest BCUT2D eigenvalue weighted by molar-refractivity contribution is 5.82. The van der Waals surface area contributed by atoms with E-state index in [4.69, 9.17) is 19.9 Å². The first-order valence-corrected chi connectivity index (χ1v) is 10.1. The third-order valence-corrected chi connectivity index (χ3v) is 5.15. The number of hydrogen-bond donors (Lipinski definition) is 1. The molecular weight excluding hydrogens is 384 g/mol. The van der Waals surface area contributed by atoms with Crippen LogP contribution in [0.4, 0.5) is 5.82 Å². The number of benzene rings is 1. The molecule has 1 saturated heterocycles. The van der Waals surface area contributed by atoms with Crippen molar-refractivity contribution in [3.63, 3.8) is 0 Å². The van der Waals surface area contributed by atoms with E-state index in [1.165, 1.54) is 11.1 Å². The zero-order chi connectivity index (χ0) is 20.9. The van der Waals surface area contributed by atoms with Crippen LogP contribution < -0.4 is 10.5 Å². The van der Waals surface area contributed by atoms with E-state index in [1.807, 2.05) is 11.5 Å². The molecule has 1 aliphatic heterocycles. The molecular formula is C21H28N6O3. The van der Waals surface area contributed by atoms with Gasteiger partial charge in [-0.3, -0.25) is 4.90 Å². The zero-order valence-electron chi connectivity index (χ0n) is 17.5. The fourth-order valence-corrected chi connectivity index (χ4v) is 3.61. The maximum Gasteiger partial charge on any atom is 0.320 e. The number of morpholine rings is 1. The maximum absolute atomic E-state index is 6.11. The highest BCUT2D eigenvalue weighted by atomic mass is 16.5. The predicted octanol–water partition coefficient (Wildman–Crippen LogP) is 1.62. The molecule has 0 spiro atoms. The SMILES string of the molecule is COCCOc1nc(N)c2nc(C)n(Cc3cccc(CN4CCOCC4)c3)c2n1. The van der Waals surface area contributed by atoms with Gasteiger partial charge >= 0.3 is 6.01 Å². The van der Waals surface area contributed by atoms with Gasteiger partial charge in [0.1, 0.15) is 12.4 Å². The van der Waals surface area contributed by atoms with Crippen LogP contribution in [0.15, 0.2) is 24.3 Å². The Morgan fingerprint density at radius 2 is 1.83 bits per heavy atom. The van der Waals surface area contributed by atoms with Crippen molar-refractivity contribution in [1.29, 1.82) is 0 Å². The lowest BCUT2D eigenvalue weighted by Crippen LogP contribution is -2.35. The van der Waals surface area contributed by atoms with Crippen LogP contribution in [0.3, 0.4) is 0 Å². The van der Waals surface area contributed by atoms with Gasteiger partial charge in [0.15, 0.2) is 17.0 Å². The lowest BCUT2D eigenvalue weighted by atomic mass is 10.1. The molecule has 9 heteroatoms.